The van der Waals surface area contributed by atoms with E-state index in [9.17, 15) is 13.5 Å². The van der Waals surface area contributed by atoms with Gasteiger partial charge in [0, 0.05) is 7.11 Å². The third-order valence-corrected chi connectivity index (χ3v) is 7.41. The van der Waals surface area contributed by atoms with Gasteiger partial charge in [-0.1, -0.05) is 78.4 Å². The first-order valence-electron chi connectivity index (χ1n) is 12.0. The first-order valence-corrected chi connectivity index (χ1v) is 13.4. The average Bonchev–Trinajstić information content (AvgIpc) is 2.92. The molecule has 4 rings (SSSR count). The SMILES string of the molecule is CO[C@H]1O[C@H](COS(=O)(=O)c2ccc(C)cc2)[C@@H](O)[C@H](OCc2ccccc2)[C@H]1OCc1ccccc1. The lowest BCUT2D eigenvalue weighted by Crippen LogP contribution is -2.60. The maximum Gasteiger partial charge on any atom is 0.297 e. The molecule has 0 bridgehead atoms. The standard InChI is InChI=1S/C28H32O8S/c1-20-13-15-23(16-14-20)37(30,31)35-19-24-25(29)26(33-17-21-9-5-3-6-10-21)27(28(32-2)36-24)34-18-22-11-7-4-8-12-22/h3-16,24-29H,17-19H2,1-2H3/t24-,25-,26+,27-,28+/m1/s1. The highest BCUT2D eigenvalue weighted by Crippen LogP contribution is 2.29. The summed E-state index contributed by atoms with van der Waals surface area (Å²) in [7, 11) is -2.61. The minimum Gasteiger partial charge on any atom is -0.387 e. The summed E-state index contributed by atoms with van der Waals surface area (Å²) in [6.45, 7) is 1.89. The molecule has 1 heterocycles. The number of hydrogen-bond donors (Lipinski definition) is 1. The Hall–Kier alpha value is -2.63. The van der Waals surface area contributed by atoms with E-state index in [2.05, 4.69) is 0 Å². The van der Waals surface area contributed by atoms with Gasteiger partial charge in [-0.25, -0.2) is 0 Å². The molecule has 0 spiro atoms. The van der Waals surface area contributed by atoms with Gasteiger partial charge < -0.3 is 24.1 Å². The van der Waals surface area contributed by atoms with Gasteiger partial charge in [0.2, 0.25) is 0 Å². The molecule has 3 aromatic carbocycles. The lowest BCUT2D eigenvalue weighted by molar-refractivity contribution is -0.312. The van der Waals surface area contributed by atoms with E-state index in [0.29, 0.717) is 0 Å². The lowest BCUT2D eigenvalue weighted by Gasteiger charge is -2.43. The summed E-state index contributed by atoms with van der Waals surface area (Å²) in [6, 6.07) is 25.4. The van der Waals surface area contributed by atoms with Crippen LogP contribution in [0.25, 0.3) is 0 Å². The predicted molar refractivity (Wildman–Crippen MR) is 136 cm³/mol. The average molecular weight is 529 g/mol. The molecule has 0 unspecified atom stereocenters. The van der Waals surface area contributed by atoms with E-state index in [1.807, 2.05) is 67.6 Å². The van der Waals surface area contributed by atoms with Crippen LogP contribution < -0.4 is 0 Å². The van der Waals surface area contributed by atoms with Crippen molar-refractivity contribution in [3.8, 4) is 0 Å². The van der Waals surface area contributed by atoms with Gasteiger partial charge in [0.15, 0.2) is 6.29 Å². The van der Waals surface area contributed by atoms with Crippen molar-refractivity contribution in [1.82, 2.24) is 0 Å². The Balaban J connectivity index is 1.50. The minimum atomic E-state index is -4.06. The number of rotatable bonds is 11. The molecule has 5 atom stereocenters. The Morgan fingerprint density at radius 3 is 1.89 bits per heavy atom. The molecule has 9 heteroatoms. The van der Waals surface area contributed by atoms with E-state index in [1.54, 1.807) is 12.1 Å². The Bertz CT molecular complexity index is 1200. The van der Waals surface area contributed by atoms with E-state index in [-0.39, 0.29) is 18.1 Å². The van der Waals surface area contributed by atoms with Crippen LogP contribution in [-0.4, -0.2) is 57.9 Å². The molecular weight excluding hydrogens is 496 g/mol. The highest BCUT2D eigenvalue weighted by molar-refractivity contribution is 7.86. The Morgan fingerprint density at radius 2 is 1.35 bits per heavy atom. The van der Waals surface area contributed by atoms with E-state index >= 15 is 0 Å². The van der Waals surface area contributed by atoms with Gasteiger partial charge in [-0.05, 0) is 30.2 Å². The number of ether oxygens (including phenoxy) is 4. The fourth-order valence-electron chi connectivity index (χ4n) is 4.05. The summed E-state index contributed by atoms with van der Waals surface area (Å²) in [5.41, 5.74) is 2.77. The Kier molecular flexibility index (Phi) is 9.44. The van der Waals surface area contributed by atoms with Gasteiger partial charge in [0.05, 0.1) is 24.7 Å². The van der Waals surface area contributed by atoms with Crippen molar-refractivity contribution < 1.29 is 36.7 Å². The summed E-state index contributed by atoms with van der Waals surface area (Å²) >= 11 is 0. The van der Waals surface area contributed by atoms with E-state index < -0.39 is 47.4 Å². The van der Waals surface area contributed by atoms with E-state index in [0.717, 1.165) is 16.7 Å². The molecule has 0 saturated carbocycles. The van der Waals surface area contributed by atoms with Crippen molar-refractivity contribution in [2.45, 2.75) is 55.7 Å². The molecular formula is C28H32O8S. The lowest BCUT2D eigenvalue weighted by atomic mass is 9.98. The van der Waals surface area contributed by atoms with Crippen LogP contribution in [0.2, 0.25) is 0 Å². The van der Waals surface area contributed by atoms with E-state index in [4.69, 9.17) is 23.1 Å². The van der Waals surface area contributed by atoms with Gasteiger partial charge in [0.1, 0.15) is 24.4 Å². The second kappa shape index (κ2) is 12.7. The van der Waals surface area contributed by atoms with Crippen molar-refractivity contribution in [1.29, 1.82) is 0 Å². The monoisotopic (exact) mass is 528 g/mol. The van der Waals surface area contributed by atoms with Crippen LogP contribution in [0.5, 0.6) is 0 Å². The second-order valence-electron chi connectivity index (χ2n) is 8.84. The van der Waals surface area contributed by atoms with Crippen LogP contribution >= 0.6 is 0 Å². The number of methoxy groups -OCH3 is 1. The summed E-state index contributed by atoms with van der Waals surface area (Å²) in [6.07, 6.45) is -4.87. The Labute approximate surface area is 217 Å². The van der Waals surface area contributed by atoms with Crippen LogP contribution in [0.1, 0.15) is 16.7 Å². The quantitative estimate of drug-likeness (QED) is 0.377. The topological polar surface area (TPSA) is 101 Å². The smallest absolute Gasteiger partial charge is 0.297 e. The van der Waals surface area contributed by atoms with Gasteiger partial charge in [-0.2, -0.15) is 8.42 Å². The normalized spacial score (nSPS) is 24.1. The van der Waals surface area contributed by atoms with Crippen molar-refractivity contribution in [2.24, 2.45) is 0 Å². The van der Waals surface area contributed by atoms with Crippen LogP contribution in [0, 0.1) is 6.92 Å². The van der Waals surface area contributed by atoms with Gasteiger partial charge in [-0.3, -0.25) is 4.18 Å². The maximum absolute atomic E-state index is 12.7. The zero-order valence-corrected chi connectivity index (χ0v) is 21.6. The highest BCUT2D eigenvalue weighted by Gasteiger charge is 2.47. The fourth-order valence-corrected chi connectivity index (χ4v) is 4.97. The number of aliphatic hydroxyl groups is 1. The van der Waals surface area contributed by atoms with Crippen molar-refractivity contribution in [3.63, 3.8) is 0 Å². The largest absolute Gasteiger partial charge is 0.387 e. The third-order valence-electron chi connectivity index (χ3n) is 6.12. The predicted octanol–water partition coefficient (Wildman–Crippen LogP) is 3.60. The highest BCUT2D eigenvalue weighted by atomic mass is 32.2. The molecule has 37 heavy (non-hydrogen) atoms. The molecule has 0 aliphatic carbocycles. The molecule has 1 N–H and O–H groups in total. The summed E-state index contributed by atoms with van der Waals surface area (Å²) in [5, 5.41) is 11.2. The summed E-state index contributed by atoms with van der Waals surface area (Å²) < 4.78 is 54.4. The Morgan fingerprint density at radius 1 is 0.811 bits per heavy atom. The molecule has 8 nitrogen and oxygen atoms in total. The zero-order valence-electron chi connectivity index (χ0n) is 20.8. The zero-order chi connectivity index (χ0) is 26.3. The molecule has 1 fully saturated rings. The molecule has 0 radical (unpaired) electrons. The molecule has 0 amide bonds. The number of benzene rings is 3. The first-order chi connectivity index (χ1) is 17.9. The van der Waals surface area contributed by atoms with Gasteiger partial charge in [0.25, 0.3) is 10.1 Å². The molecule has 0 aromatic heterocycles. The van der Waals surface area contributed by atoms with Crippen LogP contribution in [-0.2, 0) is 46.5 Å². The molecule has 198 valence electrons. The van der Waals surface area contributed by atoms with Crippen molar-refractivity contribution >= 4 is 10.1 Å². The van der Waals surface area contributed by atoms with Crippen molar-refractivity contribution in [2.75, 3.05) is 13.7 Å². The molecule has 1 aliphatic heterocycles. The van der Waals surface area contributed by atoms with Gasteiger partial charge >= 0.3 is 0 Å². The third kappa shape index (κ3) is 7.24. The molecule has 1 saturated heterocycles. The van der Waals surface area contributed by atoms with Gasteiger partial charge in [-0.15, -0.1) is 0 Å². The summed E-state index contributed by atoms with van der Waals surface area (Å²) in [4.78, 5) is 0.0210. The maximum atomic E-state index is 12.7. The number of aliphatic hydroxyl groups excluding tert-OH is 1. The van der Waals surface area contributed by atoms with Crippen LogP contribution in [0.3, 0.4) is 0 Å². The summed E-state index contributed by atoms with van der Waals surface area (Å²) in [5.74, 6) is 0. The van der Waals surface area contributed by atoms with Crippen molar-refractivity contribution in [3.05, 3.63) is 102 Å². The van der Waals surface area contributed by atoms with Crippen LogP contribution in [0.4, 0.5) is 0 Å². The second-order valence-corrected chi connectivity index (χ2v) is 10.5. The number of aryl methyl sites for hydroxylation is 1. The van der Waals surface area contributed by atoms with Crippen LogP contribution in [0.15, 0.2) is 89.8 Å². The molecule has 3 aromatic rings. The molecule has 1 aliphatic rings. The van der Waals surface area contributed by atoms with E-state index in [1.165, 1.54) is 19.2 Å². The first kappa shape index (κ1) is 27.4. The number of hydrogen-bond acceptors (Lipinski definition) is 8. The fraction of sp³-hybridized carbons (Fsp3) is 0.357. The minimum absolute atomic E-state index is 0.0210.